The van der Waals surface area contributed by atoms with Crippen molar-refractivity contribution in [1.82, 2.24) is 0 Å². The van der Waals surface area contributed by atoms with Crippen LogP contribution in [0.15, 0.2) is 27.8 Å². The molecule has 1 N–H and O–H groups in total. The van der Waals surface area contributed by atoms with Crippen LogP contribution in [0.3, 0.4) is 0 Å². The number of halogens is 2. The van der Waals surface area contributed by atoms with Crippen LogP contribution in [-0.2, 0) is 9.53 Å². The summed E-state index contributed by atoms with van der Waals surface area (Å²) in [6, 6.07) is 5.27. The van der Waals surface area contributed by atoms with Gasteiger partial charge in [0.2, 0.25) is 0 Å². The maximum atomic E-state index is 11.3. The molecule has 4 nitrogen and oxygen atoms in total. The number of carbonyl (C=O) groups is 1. The van der Waals surface area contributed by atoms with Gasteiger partial charge in [0.15, 0.2) is 0 Å². The van der Waals surface area contributed by atoms with Crippen LogP contribution in [-0.4, -0.2) is 18.8 Å². The second kappa shape index (κ2) is 6.61. The predicted octanol–water partition coefficient (Wildman–Crippen LogP) is 3.45. The van der Waals surface area contributed by atoms with E-state index in [-0.39, 0.29) is 0 Å². The lowest BCUT2D eigenvalue weighted by molar-refractivity contribution is -0.132. The van der Waals surface area contributed by atoms with Crippen molar-refractivity contribution < 1.29 is 9.53 Å². The van der Waals surface area contributed by atoms with Crippen molar-refractivity contribution in [2.75, 3.05) is 12.5 Å². The maximum Gasteiger partial charge on any atom is 0.354 e. The van der Waals surface area contributed by atoms with E-state index in [0.717, 1.165) is 10.2 Å². The molecule has 0 aromatic heterocycles. The molecule has 1 aromatic carbocycles. The number of methoxy groups -OCH3 is 1. The molecule has 0 heterocycles. The zero-order valence-corrected chi connectivity index (χ0v) is 11.8. The molecule has 0 saturated heterocycles. The highest BCUT2D eigenvalue weighted by atomic mass is 79.9. The van der Waals surface area contributed by atoms with Crippen LogP contribution in [0.25, 0.3) is 0 Å². The van der Waals surface area contributed by atoms with Gasteiger partial charge in [-0.15, -0.1) is 0 Å². The summed E-state index contributed by atoms with van der Waals surface area (Å²) >= 11 is 9.16. The average Bonchev–Trinajstić information content (AvgIpc) is 2.33. The first-order valence-corrected chi connectivity index (χ1v) is 6.11. The number of ether oxygens (including phenoxy) is 1. The van der Waals surface area contributed by atoms with E-state index < -0.39 is 5.97 Å². The van der Waals surface area contributed by atoms with Gasteiger partial charge in [-0.2, -0.15) is 5.10 Å². The molecule has 0 spiro atoms. The first kappa shape index (κ1) is 14.0. The fourth-order valence-electron chi connectivity index (χ4n) is 1.08. The van der Waals surface area contributed by atoms with Gasteiger partial charge in [0.25, 0.3) is 0 Å². The number of carbonyl (C=O) groups excluding carboxylic acids is 1. The monoisotopic (exact) mass is 318 g/mol. The van der Waals surface area contributed by atoms with E-state index in [1.165, 1.54) is 7.11 Å². The molecule has 92 valence electrons. The van der Waals surface area contributed by atoms with Crippen LogP contribution in [0.5, 0.6) is 0 Å². The van der Waals surface area contributed by atoms with E-state index in [0.29, 0.717) is 17.2 Å². The third kappa shape index (κ3) is 4.02. The Bertz CT molecular complexity index is 449. The average molecular weight is 320 g/mol. The zero-order chi connectivity index (χ0) is 12.8. The van der Waals surface area contributed by atoms with Gasteiger partial charge in [0, 0.05) is 4.47 Å². The molecule has 0 aliphatic heterocycles. The molecule has 17 heavy (non-hydrogen) atoms. The van der Waals surface area contributed by atoms with Crippen molar-refractivity contribution in [3.8, 4) is 0 Å². The number of hydrazone groups is 1. The van der Waals surface area contributed by atoms with Gasteiger partial charge in [0.1, 0.15) is 5.71 Å². The fourth-order valence-corrected chi connectivity index (χ4v) is 1.58. The highest BCUT2D eigenvalue weighted by molar-refractivity contribution is 9.10. The highest BCUT2D eigenvalue weighted by Crippen LogP contribution is 2.25. The second-order valence-corrected chi connectivity index (χ2v) is 4.41. The minimum absolute atomic E-state index is 0.332. The molecule has 0 aliphatic carbocycles. The lowest BCUT2D eigenvalue weighted by Gasteiger charge is -2.05. The summed E-state index contributed by atoms with van der Waals surface area (Å²) in [6.45, 7) is 1.83. The van der Waals surface area contributed by atoms with Gasteiger partial charge in [-0.1, -0.05) is 18.5 Å². The van der Waals surface area contributed by atoms with E-state index in [1.54, 1.807) is 18.2 Å². The van der Waals surface area contributed by atoms with Crippen LogP contribution in [0, 0.1) is 0 Å². The molecule has 0 saturated carbocycles. The third-order valence-electron chi connectivity index (χ3n) is 2.00. The summed E-state index contributed by atoms with van der Waals surface area (Å²) in [7, 11) is 1.33. The molecule has 0 amide bonds. The summed E-state index contributed by atoms with van der Waals surface area (Å²) in [5, 5.41) is 4.60. The Morgan fingerprint density at radius 3 is 2.82 bits per heavy atom. The summed E-state index contributed by atoms with van der Waals surface area (Å²) < 4.78 is 5.35. The topological polar surface area (TPSA) is 50.7 Å². The second-order valence-electron chi connectivity index (χ2n) is 3.14. The normalized spacial score (nSPS) is 11.2. The molecule has 0 unspecified atom stereocenters. The lowest BCUT2D eigenvalue weighted by atomic mass is 10.3. The summed E-state index contributed by atoms with van der Waals surface area (Å²) in [4.78, 5) is 11.3. The number of hydrogen-bond acceptors (Lipinski definition) is 4. The quantitative estimate of drug-likeness (QED) is 0.525. The van der Waals surface area contributed by atoms with Crippen molar-refractivity contribution in [1.29, 1.82) is 0 Å². The van der Waals surface area contributed by atoms with Gasteiger partial charge in [-0.3, -0.25) is 5.43 Å². The number of anilines is 1. The fraction of sp³-hybridized carbons (Fsp3) is 0.273. The van der Waals surface area contributed by atoms with Crippen LogP contribution >= 0.6 is 27.5 Å². The number of hydrogen-bond donors (Lipinski definition) is 1. The van der Waals surface area contributed by atoms with E-state index in [2.05, 4.69) is 31.2 Å². The number of nitrogens with one attached hydrogen (secondary N) is 1. The maximum absolute atomic E-state index is 11.3. The molecular formula is C11H12BrClN2O2. The minimum atomic E-state index is -0.437. The highest BCUT2D eigenvalue weighted by Gasteiger charge is 2.08. The van der Waals surface area contributed by atoms with Crippen LogP contribution in [0.1, 0.15) is 13.3 Å². The number of nitrogens with zero attached hydrogens (tertiary/aromatic N) is 1. The van der Waals surface area contributed by atoms with Crippen molar-refractivity contribution in [2.45, 2.75) is 13.3 Å². The molecule has 0 radical (unpaired) electrons. The molecule has 0 atom stereocenters. The largest absolute Gasteiger partial charge is 0.464 e. The Morgan fingerprint density at radius 2 is 2.29 bits per heavy atom. The Hall–Kier alpha value is -1.07. The van der Waals surface area contributed by atoms with Gasteiger partial charge >= 0.3 is 5.97 Å². The van der Waals surface area contributed by atoms with Gasteiger partial charge < -0.3 is 4.74 Å². The molecule has 0 bridgehead atoms. The van der Waals surface area contributed by atoms with E-state index in [9.17, 15) is 4.79 Å². The van der Waals surface area contributed by atoms with Crippen molar-refractivity contribution in [2.24, 2.45) is 5.10 Å². The van der Waals surface area contributed by atoms with Crippen LogP contribution in [0.2, 0.25) is 5.02 Å². The Kier molecular flexibility index (Phi) is 5.44. The first-order chi connectivity index (χ1) is 8.08. The van der Waals surface area contributed by atoms with E-state index >= 15 is 0 Å². The molecule has 1 aromatic rings. The van der Waals surface area contributed by atoms with Crippen LogP contribution < -0.4 is 5.43 Å². The van der Waals surface area contributed by atoms with Crippen molar-refractivity contribution >= 4 is 44.9 Å². The molecule has 6 heteroatoms. The predicted molar refractivity (Wildman–Crippen MR) is 72.5 cm³/mol. The molecule has 0 fully saturated rings. The SMILES string of the molecule is CC/C(=N\Nc1ccc(Cl)c(Br)c1)C(=O)OC. The van der Waals surface area contributed by atoms with Crippen LogP contribution in [0.4, 0.5) is 5.69 Å². The zero-order valence-electron chi connectivity index (χ0n) is 9.46. The standard InChI is InChI=1S/C11H12BrClN2O2/c1-3-10(11(16)17-2)15-14-7-4-5-9(13)8(12)6-7/h4-6,14H,3H2,1-2H3/b15-10+. The number of benzene rings is 1. The Morgan fingerprint density at radius 1 is 1.59 bits per heavy atom. The molecule has 0 aliphatic rings. The minimum Gasteiger partial charge on any atom is -0.464 e. The van der Waals surface area contributed by atoms with Gasteiger partial charge in [-0.05, 0) is 40.5 Å². The number of rotatable bonds is 4. The van der Waals surface area contributed by atoms with Crippen molar-refractivity contribution in [3.05, 3.63) is 27.7 Å². The Balaban J connectivity index is 2.80. The molecule has 1 rings (SSSR count). The summed E-state index contributed by atoms with van der Waals surface area (Å²) in [6.07, 6.45) is 0.494. The first-order valence-electron chi connectivity index (χ1n) is 4.94. The van der Waals surface area contributed by atoms with Crippen molar-refractivity contribution in [3.63, 3.8) is 0 Å². The lowest BCUT2D eigenvalue weighted by Crippen LogP contribution is -2.16. The van der Waals surface area contributed by atoms with Gasteiger partial charge in [0.05, 0.1) is 17.8 Å². The van der Waals surface area contributed by atoms with E-state index in [1.807, 2.05) is 6.92 Å². The van der Waals surface area contributed by atoms with Gasteiger partial charge in [-0.25, -0.2) is 4.79 Å². The van der Waals surface area contributed by atoms with E-state index in [4.69, 9.17) is 11.6 Å². The Labute approximate surface area is 113 Å². The smallest absolute Gasteiger partial charge is 0.354 e. The summed E-state index contributed by atoms with van der Waals surface area (Å²) in [5.41, 5.74) is 3.84. The summed E-state index contributed by atoms with van der Waals surface area (Å²) in [5.74, 6) is -0.437. The molecular weight excluding hydrogens is 307 g/mol. The third-order valence-corrected chi connectivity index (χ3v) is 3.21. The number of esters is 1.